The van der Waals surface area contributed by atoms with Crippen molar-refractivity contribution in [1.82, 2.24) is 0 Å². The van der Waals surface area contributed by atoms with Crippen LogP contribution in [0.5, 0.6) is 0 Å². The van der Waals surface area contributed by atoms with Crippen LogP contribution in [0.1, 0.15) is 57.1 Å². The summed E-state index contributed by atoms with van der Waals surface area (Å²) in [7, 11) is 0. The van der Waals surface area contributed by atoms with Crippen molar-refractivity contribution in [3.63, 3.8) is 0 Å². The lowest BCUT2D eigenvalue weighted by Gasteiger charge is -2.24. The van der Waals surface area contributed by atoms with Gasteiger partial charge in [0.05, 0.1) is 5.92 Å². The molecule has 3 unspecified atom stereocenters. The predicted octanol–water partition coefficient (Wildman–Crippen LogP) is 5.62. The van der Waals surface area contributed by atoms with Gasteiger partial charge in [-0.25, -0.2) is 9.59 Å². The first-order valence-corrected chi connectivity index (χ1v) is 12.4. The Morgan fingerprint density at radius 3 is 1.76 bits per heavy atom. The van der Waals surface area contributed by atoms with Crippen molar-refractivity contribution in [3.8, 4) is 0 Å². The van der Waals surface area contributed by atoms with Crippen molar-refractivity contribution < 1.29 is 48.0 Å². The zero-order chi connectivity index (χ0) is 27.8. The van der Waals surface area contributed by atoms with Crippen LogP contribution in [-0.4, -0.2) is 41.7 Å². The van der Waals surface area contributed by atoms with Crippen molar-refractivity contribution in [3.05, 3.63) is 71.8 Å². The number of esters is 1. The SMILES string of the molecule is CC(OC(=O)OCc1ccccc1)OC(=O)C(CCCCCC(=O)O)C(C)OC(=O)OCc1ccccc1. The van der Waals surface area contributed by atoms with Gasteiger partial charge in [0.1, 0.15) is 19.3 Å². The van der Waals surface area contributed by atoms with Crippen LogP contribution >= 0.6 is 0 Å². The fourth-order valence-corrected chi connectivity index (χ4v) is 3.51. The second-order valence-electron chi connectivity index (χ2n) is 8.59. The van der Waals surface area contributed by atoms with E-state index >= 15 is 0 Å². The van der Waals surface area contributed by atoms with Crippen LogP contribution in [0.25, 0.3) is 0 Å². The molecule has 0 heterocycles. The number of aliphatic carboxylic acids is 1. The van der Waals surface area contributed by atoms with Gasteiger partial charge in [-0.05, 0) is 30.9 Å². The second-order valence-corrected chi connectivity index (χ2v) is 8.59. The van der Waals surface area contributed by atoms with Crippen molar-refractivity contribution in [2.45, 2.75) is 71.6 Å². The lowest BCUT2D eigenvalue weighted by Crippen LogP contribution is -2.34. The van der Waals surface area contributed by atoms with Crippen LogP contribution in [0, 0.1) is 5.92 Å². The maximum absolute atomic E-state index is 12.9. The lowest BCUT2D eigenvalue weighted by atomic mass is 9.96. The molecule has 0 aliphatic rings. The van der Waals surface area contributed by atoms with E-state index in [0.29, 0.717) is 19.3 Å². The Morgan fingerprint density at radius 1 is 0.711 bits per heavy atom. The smallest absolute Gasteiger partial charge is 0.481 e. The number of carboxylic acid groups (broad SMARTS) is 1. The van der Waals surface area contributed by atoms with Crippen molar-refractivity contribution >= 4 is 24.2 Å². The van der Waals surface area contributed by atoms with E-state index in [1.807, 2.05) is 24.3 Å². The van der Waals surface area contributed by atoms with E-state index in [1.165, 1.54) is 13.8 Å². The maximum atomic E-state index is 12.9. The van der Waals surface area contributed by atoms with E-state index in [4.69, 9.17) is 28.8 Å². The summed E-state index contributed by atoms with van der Waals surface area (Å²) in [6, 6.07) is 18.0. The number of carboxylic acids is 1. The van der Waals surface area contributed by atoms with Crippen molar-refractivity contribution in [1.29, 1.82) is 0 Å². The van der Waals surface area contributed by atoms with Crippen LogP contribution in [0.3, 0.4) is 0 Å². The minimum atomic E-state index is -1.25. The Balaban J connectivity index is 1.88. The highest BCUT2D eigenvalue weighted by atomic mass is 16.8. The molecule has 0 aliphatic carbocycles. The molecule has 0 fully saturated rings. The molecule has 10 heteroatoms. The number of rotatable bonds is 15. The van der Waals surface area contributed by atoms with Gasteiger partial charge >= 0.3 is 24.2 Å². The standard InChI is InChI=1S/C28H34O10/c1-20(36-27(32)34-18-22-12-6-3-7-13-22)24(16-10-5-11-17-25(29)30)26(31)37-21(2)38-28(33)35-19-23-14-8-4-9-15-23/h3-4,6-9,12-15,20-21,24H,5,10-11,16-19H2,1-2H3,(H,29,30). The van der Waals surface area contributed by atoms with Gasteiger partial charge in [-0.15, -0.1) is 0 Å². The second kappa shape index (κ2) is 16.6. The first kappa shape index (κ1) is 30.1. The molecule has 38 heavy (non-hydrogen) atoms. The fourth-order valence-electron chi connectivity index (χ4n) is 3.51. The molecule has 0 radical (unpaired) electrons. The zero-order valence-corrected chi connectivity index (χ0v) is 21.6. The first-order chi connectivity index (χ1) is 18.2. The highest BCUT2D eigenvalue weighted by molar-refractivity contribution is 5.74. The molecule has 2 rings (SSSR count). The Morgan fingerprint density at radius 2 is 1.24 bits per heavy atom. The number of benzene rings is 2. The van der Waals surface area contributed by atoms with E-state index in [1.54, 1.807) is 36.4 Å². The molecule has 0 amide bonds. The molecular weight excluding hydrogens is 496 g/mol. The Kier molecular flexibility index (Phi) is 13.2. The maximum Gasteiger partial charge on any atom is 0.511 e. The summed E-state index contributed by atoms with van der Waals surface area (Å²) >= 11 is 0. The van der Waals surface area contributed by atoms with Gasteiger partial charge in [-0.2, -0.15) is 0 Å². The van der Waals surface area contributed by atoms with Crippen LogP contribution in [-0.2, 0) is 46.5 Å². The normalized spacial score (nSPS) is 12.9. The van der Waals surface area contributed by atoms with E-state index in [0.717, 1.165) is 11.1 Å². The molecule has 2 aromatic rings. The third-order valence-electron chi connectivity index (χ3n) is 5.50. The number of carbonyl (C=O) groups is 4. The fraction of sp³-hybridized carbons (Fsp3) is 0.429. The van der Waals surface area contributed by atoms with Gasteiger partial charge < -0.3 is 28.8 Å². The molecule has 0 aromatic heterocycles. The molecular formula is C28H34O10. The summed E-state index contributed by atoms with van der Waals surface area (Å²) in [6.45, 7) is 2.90. The number of hydrogen-bond donors (Lipinski definition) is 1. The minimum absolute atomic E-state index is 0.00469. The molecule has 0 spiro atoms. The Bertz CT molecular complexity index is 1010. The predicted molar refractivity (Wildman–Crippen MR) is 135 cm³/mol. The molecule has 3 atom stereocenters. The van der Waals surface area contributed by atoms with Gasteiger partial charge in [0, 0.05) is 13.3 Å². The minimum Gasteiger partial charge on any atom is -0.481 e. The summed E-state index contributed by atoms with van der Waals surface area (Å²) in [4.78, 5) is 47.8. The van der Waals surface area contributed by atoms with E-state index in [9.17, 15) is 19.2 Å². The number of carbonyl (C=O) groups excluding carboxylic acids is 3. The molecule has 2 aromatic carbocycles. The molecule has 0 saturated heterocycles. The van der Waals surface area contributed by atoms with E-state index < -0.39 is 42.6 Å². The monoisotopic (exact) mass is 530 g/mol. The third kappa shape index (κ3) is 12.2. The summed E-state index contributed by atoms with van der Waals surface area (Å²) < 4.78 is 25.8. The van der Waals surface area contributed by atoms with Crippen LogP contribution in [0.4, 0.5) is 9.59 Å². The molecule has 1 N–H and O–H groups in total. The van der Waals surface area contributed by atoms with Gasteiger partial charge in [0.15, 0.2) is 0 Å². The number of hydrogen-bond acceptors (Lipinski definition) is 9. The Hall–Kier alpha value is -4.08. The topological polar surface area (TPSA) is 135 Å². The molecule has 0 bridgehead atoms. The quantitative estimate of drug-likeness (QED) is 0.134. The average molecular weight is 531 g/mol. The first-order valence-electron chi connectivity index (χ1n) is 12.4. The van der Waals surface area contributed by atoms with Crippen LogP contribution in [0.2, 0.25) is 0 Å². The van der Waals surface area contributed by atoms with Crippen LogP contribution in [0.15, 0.2) is 60.7 Å². The highest BCUT2D eigenvalue weighted by Gasteiger charge is 2.31. The number of ether oxygens (including phenoxy) is 5. The largest absolute Gasteiger partial charge is 0.511 e. The van der Waals surface area contributed by atoms with E-state index in [2.05, 4.69) is 0 Å². The molecule has 0 aliphatic heterocycles. The van der Waals surface area contributed by atoms with Crippen molar-refractivity contribution in [2.75, 3.05) is 0 Å². The number of unbranched alkanes of at least 4 members (excludes halogenated alkanes) is 2. The van der Waals surface area contributed by atoms with Gasteiger partial charge in [0.25, 0.3) is 0 Å². The summed E-state index contributed by atoms with van der Waals surface area (Å²) in [6.07, 6.45) is -2.35. The van der Waals surface area contributed by atoms with Crippen molar-refractivity contribution in [2.24, 2.45) is 5.92 Å². The summed E-state index contributed by atoms with van der Waals surface area (Å²) in [5.41, 5.74) is 1.54. The van der Waals surface area contributed by atoms with Gasteiger partial charge in [-0.1, -0.05) is 73.5 Å². The summed E-state index contributed by atoms with van der Waals surface area (Å²) in [5, 5.41) is 8.81. The lowest BCUT2D eigenvalue weighted by molar-refractivity contribution is -0.177. The molecule has 0 saturated carbocycles. The van der Waals surface area contributed by atoms with E-state index in [-0.39, 0.29) is 26.1 Å². The Labute approximate surface area is 221 Å². The zero-order valence-electron chi connectivity index (χ0n) is 21.6. The highest BCUT2D eigenvalue weighted by Crippen LogP contribution is 2.21. The average Bonchev–Trinajstić information content (AvgIpc) is 2.89. The van der Waals surface area contributed by atoms with Gasteiger partial charge in [0.2, 0.25) is 6.29 Å². The molecule has 10 nitrogen and oxygen atoms in total. The van der Waals surface area contributed by atoms with Gasteiger partial charge in [-0.3, -0.25) is 9.59 Å². The van der Waals surface area contributed by atoms with Crippen LogP contribution < -0.4 is 0 Å². The third-order valence-corrected chi connectivity index (χ3v) is 5.50. The summed E-state index contributed by atoms with van der Waals surface area (Å²) in [5.74, 6) is -2.53. The molecule has 206 valence electrons.